The van der Waals surface area contributed by atoms with Gasteiger partial charge in [0.1, 0.15) is 0 Å². The first kappa shape index (κ1) is 12.4. The lowest BCUT2D eigenvalue weighted by Gasteiger charge is -2.13. The summed E-state index contributed by atoms with van der Waals surface area (Å²) in [5, 5.41) is 17.8. The van der Waals surface area contributed by atoms with Crippen LogP contribution in [0.25, 0.3) is 5.32 Å². The van der Waals surface area contributed by atoms with Crippen LogP contribution in [0.2, 0.25) is 5.02 Å². The second-order valence-electron chi connectivity index (χ2n) is 3.34. The molecule has 0 amide bonds. The fraction of sp³-hybridized carbons (Fsp3) is 0.300. The van der Waals surface area contributed by atoms with E-state index in [1.807, 2.05) is 0 Å². The van der Waals surface area contributed by atoms with Gasteiger partial charge in [-0.15, -0.1) is 5.21 Å². The minimum Gasteiger partial charge on any atom is -0.493 e. The van der Waals surface area contributed by atoms with E-state index in [-0.39, 0.29) is 0 Å². The minimum absolute atomic E-state index is 0.293. The molecule has 0 unspecified atom stereocenters. The summed E-state index contributed by atoms with van der Waals surface area (Å²) < 4.78 is 10.3. The molecule has 0 aliphatic heterocycles. The number of nitrogens with one attached hydrogen (secondary N) is 1. The van der Waals surface area contributed by atoms with Crippen LogP contribution in [0.1, 0.15) is 5.56 Å². The zero-order valence-corrected chi connectivity index (χ0v) is 10.6. The van der Waals surface area contributed by atoms with Gasteiger partial charge in [-0.3, -0.25) is 15.4 Å². The number of aromatic amines is 1. The normalized spacial score (nSPS) is 10.2. The minimum atomic E-state index is 0.293. The second-order valence-corrected chi connectivity index (χ2v) is 3.75. The number of ether oxygens (including phenoxy) is 2. The van der Waals surface area contributed by atoms with E-state index in [0.29, 0.717) is 29.0 Å². The molecule has 1 N–H and O–H groups in total. The zero-order chi connectivity index (χ0) is 13.0. The average molecular weight is 269 g/mol. The molecule has 0 aliphatic rings. The van der Waals surface area contributed by atoms with Crippen molar-refractivity contribution in [2.75, 3.05) is 14.2 Å². The summed E-state index contributed by atoms with van der Waals surface area (Å²) in [6, 6.07) is 3.56. The number of methoxy groups -OCH3 is 2. The monoisotopic (exact) mass is 268 g/mol. The summed E-state index contributed by atoms with van der Waals surface area (Å²) >= 11 is 6.08. The lowest BCUT2D eigenvalue weighted by atomic mass is 10.2. The molecule has 18 heavy (non-hydrogen) atoms. The Morgan fingerprint density at radius 3 is 2.78 bits per heavy atom. The smallest absolute Gasteiger partial charge is 0.179 e. The number of hydrogen-bond acceptors (Lipinski definition) is 5. The Labute approximate surface area is 108 Å². The highest BCUT2D eigenvalue weighted by Crippen LogP contribution is 2.36. The lowest BCUT2D eigenvalue weighted by molar-refractivity contribution is 0.355. The quantitative estimate of drug-likeness (QED) is 0.897. The molecular formula is C10H11ClN5O2-. The molecule has 1 heterocycles. The summed E-state index contributed by atoms with van der Waals surface area (Å²) in [5.41, 5.74) is 0.863. The standard InChI is InChI=1S/C10H11ClN5O2/c1-17-8-4-6(3-7(11)9(8)18-2)5-12-10-13-15-16-14-10/h3-4H,5H2,1-2H3,(H-,12,13,14,15,16)/q-1. The molecule has 0 bridgehead atoms. The van der Waals surface area contributed by atoms with Crippen molar-refractivity contribution in [1.29, 1.82) is 0 Å². The second kappa shape index (κ2) is 5.54. The molecule has 0 fully saturated rings. The van der Waals surface area contributed by atoms with Crippen molar-refractivity contribution in [3.8, 4) is 11.5 Å². The van der Waals surface area contributed by atoms with E-state index in [1.165, 1.54) is 7.11 Å². The van der Waals surface area contributed by atoms with Crippen molar-refractivity contribution >= 4 is 17.5 Å². The van der Waals surface area contributed by atoms with E-state index >= 15 is 0 Å². The molecule has 2 rings (SSSR count). The molecule has 0 saturated carbocycles. The van der Waals surface area contributed by atoms with Crippen LogP contribution in [-0.2, 0) is 6.54 Å². The number of nitrogens with zero attached hydrogens (tertiary/aromatic N) is 4. The van der Waals surface area contributed by atoms with E-state index in [2.05, 4.69) is 25.9 Å². The summed E-state index contributed by atoms with van der Waals surface area (Å²) in [7, 11) is 3.08. The fourth-order valence-corrected chi connectivity index (χ4v) is 1.76. The number of tetrazole rings is 1. The number of aromatic nitrogens is 4. The first-order valence-electron chi connectivity index (χ1n) is 5.06. The number of halogens is 1. The maximum absolute atomic E-state index is 6.08. The van der Waals surface area contributed by atoms with Crippen molar-refractivity contribution in [2.45, 2.75) is 6.54 Å². The Morgan fingerprint density at radius 2 is 2.17 bits per heavy atom. The van der Waals surface area contributed by atoms with Crippen LogP contribution in [0.4, 0.5) is 5.95 Å². The Hall–Kier alpha value is -2.02. The molecule has 1 aromatic heterocycles. The molecule has 1 aromatic carbocycles. The third-order valence-corrected chi connectivity index (χ3v) is 2.51. The fourth-order valence-electron chi connectivity index (χ4n) is 1.45. The molecule has 8 heteroatoms. The number of H-pyrrole nitrogens is 1. The van der Waals surface area contributed by atoms with Gasteiger partial charge in [0.2, 0.25) is 0 Å². The van der Waals surface area contributed by atoms with Crippen LogP contribution in [0.5, 0.6) is 11.5 Å². The van der Waals surface area contributed by atoms with Gasteiger partial charge in [-0.25, -0.2) is 0 Å². The third-order valence-electron chi connectivity index (χ3n) is 2.23. The SMILES string of the molecule is COc1cc(C[N-]c2nn[nH]n2)cc(Cl)c1OC. The number of rotatable bonds is 5. The van der Waals surface area contributed by atoms with Gasteiger partial charge in [-0.1, -0.05) is 11.6 Å². The molecule has 0 spiro atoms. The highest BCUT2D eigenvalue weighted by Gasteiger charge is 2.10. The molecule has 0 saturated heterocycles. The van der Waals surface area contributed by atoms with Gasteiger partial charge in [-0.2, -0.15) is 0 Å². The van der Waals surface area contributed by atoms with Gasteiger partial charge >= 0.3 is 0 Å². The Kier molecular flexibility index (Phi) is 3.83. The van der Waals surface area contributed by atoms with E-state index in [1.54, 1.807) is 19.2 Å². The molecule has 0 radical (unpaired) electrons. The van der Waals surface area contributed by atoms with Gasteiger partial charge < -0.3 is 14.8 Å². The van der Waals surface area contributed by atoms with E-state index < -0.39 is 0 Å². The molecule has 96 valence electrons. The van der Waals surface area contributed by atoms with Gasteiger partial charge in [0.15, 0.2) is 11.5 Å². The molecule has 0 atom stereocenters. The molecule has 7 nitrogen and oxygen atoms in total. The topological polar surface area (TPSA) is 87.0 Å². The Balaban J connectivity index is 2.16. The van der Waals surface area contributed by atoms with Crippen LogP contribution < -0.4 is 9.47 Å². The summed E-state index contributed by atoms with van der Waals surface area (Å²) in [4.78, 5) is 0. The lowest BCUT2D eigenvalue weighted by Crippen LogP contribution is -1.94. The van der Waals surface area contributed by atoms with Crippen LogP contribution in [0, 0.1) is 0 Å². The Morgan fingerprint density at radius 1 is 1.33 bits per heavy atom. The highest BCUT2D eigenvalue weighted by molar-refractivity contribution is 6.32. The molecule has 0 aliphatic carbocycles. The Bertz CT molecular complexity index is 517. The first-order valence-corrected chi connectivity index (χ1v) is 5.43. The zero-order valence-electron chi connectivity index (χ0n) is 9.85. The summed E-state index contributed by atoms with van der Waals surface area (Å²) in [6.45, 7) is 0.375. The van der Waals surface area contributed by atoms with Crippen LogP contribution >= 0.6 is 11.6 Å². The number of benzene rings is 1. The van der Waals surface area contributed by atoms with Crippen molar-refractivity contribution in [3.63, 3.8) is 0 Å². The first-order chi connectivity index (χ1) is 8.74. The van der Waals surface area contributed by atoms with Crippen LogP contribution in [0.15, 0.2) is 12.1 Å². The predicted molar refractivity (Wildman–Crippen MR) is 65.5 cm³/mol. The maximum Gasteiger partial charge on any atom is 0.179 e. The van der Waals surface area contributed by atoms with Gasteiger partial charge in [0, 0.05) is 6.54 Å². The largest absolute Gasteiger partial charge is 0.493 e. The van der Waals surface area contributed by atoms with Crippen molar-refractivity contribution in [3.05, 3.63) is 28.0 Å². The third kappa shape index (κ3) is 2.62. The van der Waals surface area contributed by atoms with Gasteiger partial charge in [0.05, 0.1) is 25.2 Å². The summed E-state index contributed by atoms with van der Waals surface area (Å²) in [6.07, 6.45) is 0. The van der Waals surface area contributed by atoms with Crippen LogP contribution in [-0.4, -0.2) is 34.8 Å². The molecular weight excluding hydrogens is 258 g/mol. The van der Waals surface area contributed by atoms with E-state index in [0.717, 1.165) is 5.56 Å². The van der Waals surface area contributed by atoms with Gasteiger partial charge in [0.25, 0.3) is 0 Å². The highest BCUT2D eigenvalue weighted by atomic mass is 35.5. The van der Waals surface area contributed by atoms with E-state index in [9.17, 15) is 0 Å². The van der Waals surface area contributed by atoms with Gasteiger partial charge in [-0.05, 0) is 17.7 Å². The van der Waals surface area contributed by atoms with Crippen molar-refractivity contribution in [1.82, 2.24) is 20.6 Å². The predicted octanol–water partition coefficient (Wildman–Crippen LogP) is 2.08. The van der Waals surface area contributed by atoms with E-state index in [4.69, 9.17) is 21.1 Å². The van der Waals surface area contributed by atoms with Crippen LogP contribution in [0.3, 0.4) is 0 Å². The molecule has 2 aromatic rings. The maximum atomic E-state index is 6.08. The van der Waals surface area contributed by atoms with Crippen molar-refractivity contribution in [2.24, 2.45) is 0 Å². The number of hydrogen-bond donors (Lipinski definition) is 1. The van der Waals surface area contributed by atoms with Crippen molar-refractivity contribution < 1.29 is 9.47 Å². The summed E-state index contributed by atoms with van der Waals surface area (Å²) in [5.74, 6) is 1.35. The average Bonchev–Trinajstić information content (AvgIpc) is 2.88.